The second-order valence-electron chi connectivity index (χ2n) is 1.01. The minimum absolute atomic E-state index is 0. The van der Waals surface area contributed by atoms with E-state index in [1.807, 2.05) is 0 Å². The van der Waals surface area contributed by atoms with E-state index < -0.39 is 17.3 Å². The van der Waals surface area contributed by atoms with Crippen LogP contribution in [0.15, 0.2) is 0 Å². The first kappa shape index (κ1) is 17.6. The molecule has 0 saturated carbocycles. The van der Waals surface area contributed by atoms with Crippen LogP contribution in [0.4, 0.5) is 0 Å². The van der Waals surface area contributed by atoms with Gasteiger partial charge in [-0.05, 0) is 0 Å². The minimum Gasteiger partial charge on any atom is -1.00 e. The Morgan fingerprint density at radius 1 is 1.70 bits per heavy atom. The van der Waals surface area contributed by atoms with Crippen molar-refractivity contribution in [3.8, 4) is 0 Å². The zero-order valence-corrected chi connectivity index (χ0v) is 11.1. The van der Waals surface area contributed by atoms with Crippen LogP contribution < -0.4 is 59.1 Å². The van der Waals surface area contributed by atoms with Crippen LogP contribution in [-0.4, -0.2) is 14.7 Å². The molecule has 0 rings (SSSR count). The van der Waals surface area contributed by atoms with Crippen molar-refractivity contribution < 1.29 is 79.7 Å². The molecule has 0 aliphatic heterocycles. The van der Waals surface area contributed by atoms with Gasteiger partial charge in [0.15, 0.2) is 0 Å². The van der Waals surface area contributed by atoms with Crippen LogP contribution in [0.3, 0.4) is 0 Å². The fourth-order valence-corrected chi connectivity index (χ4v) is 0.404. The average molecular weight is 185 g/mol. The summed E-state index contributed by atoms with van der Waals surface area (Å²) in [6.45, 7) is 1.51. The maximum Gasteiger partial charge on any atom is 1.00 e. The van der Waals surface area contributed by atoms with Crippen molar-refractivity contribution >= 4 is 17.3 Å². The average Bonchev–Trinajstić information content (AvgIpc) is 1.65. The molecule has 0 aromatic carbocycles. The first-order chi connectivity index (χ1) is 3.66. The van der Waals surface area contributed by atoms with Crippen molar-refractivity contribution in [1.82, 2.24) is 0 Å². The fourth-order valence-electron chi connectivity index (χ4n) is 0.135. The van der Waals surface area contributed by atoms with Crippen LogP contribution in [0, 0.1) is 0 Å². The molecular weight excluding hydrogens is 178 g/mol. The molecule has 4 nitrogen and oxygen atoms in total. The maximum atomic E-state index is 10.0. The smallest absolute Gasteiger partial charge is 1.00 e. The summed E-state index contributed by atoms with van der Waals surface area (Å²) in [5.74, 6) is -0.738. The molecule has 1 atom stereocenters. The topological polar surface area (TPSA) is 66.4 Å². The summed E-state index contributed by atoms with van der Waals surface area (Å²) in [5.41, 5.74) is 0. The minimum atomic E-state index is -2.70. The van der Waals surface area contributed by atoms with E-state index in [2.05, 4.69) is 4.18 Å². The third kappa shape index (κ3) is 12.3. The molecule has 0 N–H and O–H groups in total. The van der Waals surface area contributed by atoms with Crippen LogP contribution in [0.5, 0.6) is 0 Å². The van der Waals surface area contributed by atoms with Crippen LogP contribution in [0.25, 0.3) is 0 Å². The Morgan fingerprint density at radius 3 is 2.20 bits per heavy atom. The molecule has 0 heterocycles. The van der Waals surface area contributed by atoms with Crippen LogP contribution in [0.2, 0.25) is 0 Å². The van der Waals surface area contributed by atoms with Crippen molar-refractivity contribution in [2.45, 2.75) is 13.3 Å². The van der Waals surface area contributed by atoms with Gasteiger partial charge in [-0.15, -0.1) is 0 Å². The van der Waals surface area contributed by atoms with Crippen molar-refractivity contribution in [2.24, 2.45) is 0 Å². The predicted molar refractivity (Wildman–Crippen MR) is 27.5 cm³/mol. The third-order valence-corrected chi connectivity index (χ3v) is 0.772. The summed E-state index contributed by atoms with van der Waals surface area (Å²) in [4.78, 5) is 10.0. The summed E-state index contributed by atoms with van der Waals surface area (Å²) in [5, 5.41) is 0. The van der Waals surface area contributed by atoms with Gasteiger partial charge in [0.05, 0.1) is 0 Å². The van der Waals surface area contributed by atoms with Crippen molar-refractivity contribution in [2.75, 3.05) is 0 Å². The third-order valence-electron chi connectivity index (χ3n) is 0.450. The molecule has 1 unspecified atom stereocenters. The molecule has 0 fully saturated rings. The molecule has 0 aliphatic rings. The van der Waals surface area contributed by atoms with Gasteiger partial charge in [0.2, 0.25) is 0 Å². The summed E-state index contributed by atoms with van der Waals surface area (Å²) in [7, 11) is 0. The summed E-state index contributed by atoms with van der Waals surface area (Å²) in [6, 6.07) is 0. The number of carbonyl (C=O) groups is 1. The van der Waals surface area contributed by atoms with Crippen LogP contribution >= 0.6 is 0 Å². The summed E-state index contributed by atoms with van der Waals surface area (Å²) in [6.07, 6.45) is 0.0774. The Kier molecular flexibility index (Phi) is 18.6. The zero-order valence-electron chi connectivity index (χ0n) is 8.25. The summed E-state index contributed by atoms with van der Waals surface area (Å²) < 4.78 is 22.7. The van der Waals surface area contributed by atoms with Gasteiger partial charge in [-0.2, -0.15) is 0 Å². The standard InChI is InChI=1S/C3H6O4S.2Na.2H/c1-2-3(4)7-8(5)6;;;;/h2H2,1H3,(H,5,6);;;;/q;2*+1;2*-1/p-1. The molecule has 52 valence electrons. The SMILES string of the molecule is CCC(=O)OS(=O)[O-].[H-].[H-].[Na+].[Na+]. The van der Waals surface area contributed by atoms with E-state index in [-0.39, 0.29) is 68.4 Å². The quantitative estimate of drug-likeness (QED) is 0.317. The van der Waals surface area contributed by atoms with Gasteiger partial charge in [-0.1, -0.05) is 6.92 Å². The van der Waals surface area contributed by atoms with Gasteiger partial charge >= 0.3 is 65.1 Å². The fraction of sp³-hybridized carbons (Fsp3) is 0.667. The van der Waals surface area contributed by atoms with Gasteiger partial charge in [0.1, 0.15) is 11.4 Å². The summed E-state index contributed by atoms with van der Waals surface area (Å²) >= 11 is -2.70. The van der Waals surface area contributed by atoms with Crippen molar-refractivity contribution in [3.63, 3.8) is 0 Å². The number of hydrogen-bond acceptors (Lipinski definition) is 4. The van der Waals surface area contributed by atoms with Crippen LogP contribution in [-0.2, 0) is 20.3 Å². The molecule has 0 amide bonds. The van der Waals surface area contributed by atoms with Crippen LogP contribution in [0.1, 0.15) is 16.2 Å². The molecule has 0 aliphatic carbocycles. The number of carbonyl (C=O) groups excluding carboxylic acids is 1. The molecule has 0 spiro atoms. The van der Waals surface area contributed by atoms with Gasteiger partial charge in [-0.25, -0.2) is 4.21 Å². The molecule has 7 heteroatoms. The molecule has 0 bridgehead atoms. The van der Waals surface area contributed by atoms with E-state index in [1.165, 1.54) is 6.92 Å². The molecular formula is C3H7Na2O4S-. The maximum absolute atomic E-state index is 10.0. The van der Waals surface area contributed by atoms with E-state index in [9.17, 15) is 13.6 Å². The van der Waals surface area contributed by atoms with E-state index in [0.717, 1.165) is 0 Å². The molecule has 0 aromatic heterocycles. The Bertz CT molecular complexity index is 125. The number of rotatable bonds is 2. The van der Waals surface area contributed by atoms with E-state index in [0.29, 0.717) is 0 Å². The normalized spacial score (nSPS) is 10.2. The van der Waals surface area contributed by atoms with Gasteiger partial charge in [0, 0.05) is 6.42 Å². The van der Waals surface area contributed by atoms with E-state index in [4.69, 9.17) is 0 Å². The van der Waals surface area contributed by atoms with E-state index in [1.54, 1.807) is 0 Å². The Balaban J connectivity index is -0.0000000408. The molecule has 10 heavy (non-hydrogen) atoms. The first-order valence-corrected chi connectivity index (χ1v) is 2.97. The van der Waals surface area contributed by atoms with Gasteiger partial charge in [0.25, 0.3) is 0 Å². The Labute approximate surface area is 109 Å². The second-order valence-corrected chi connectivity index (χ2v) is 1.59. The van der Waals surface area contributed by atoms with Crippen molar-refractivity contribution in [3.05, 3.63) is 0 Å². The first-order valence-electron chi connectivity index (χ1n) is 1.97. The van der Waals surface area contributed by atoms with Gasteiger partial charge < -0.3 is 11.6 Å². The second kappa shape index (κ2) is 10.6. The van der Waals surface area contributed by atoms with Crippen molar-refractivity contribution in [1.29, 1.82) is 0 Å². The predicted octanol–water partition coefficient (Wildman–Crippen LogP) is -6.03. The molecule has 0 aromatic rings. The van der Waals surface area contributed by atoms with E-state index >= 15 is 0 Å². The Hall–Kier alpha value is 1.58. The number of hydrogen-bond donors (Lipinski definition) is 0. The molecule has 0 saturated heterocycles. The molecule has 0 radical (unpaired) electrons. The Morgan fingerprint density at radius 2 is 2.10 bits per heavy atom. The zero-order chi connectivity index (χ0) is 6.57. The largest absolute Gasteiger partial charge is 1.00 e. The van der Waals surface area contributed by atoms with Gasteiger partial charge in [-0.3, -0.25) is 4.79 Å². The monoisotopic (exact) mass is 185 g/mol.